The Morgan fingerprint density at radius 1 is 1.24 bits per heavy atom. The Kier molecular flexibility index (Phi) is 7.54. The van der Waals surface area contributed by atoms with E-state index in [4.69, 9.17) is 23.2 Å². The smallest absolute Gasteiger partial charge is 0.106 e. The van der Waals surface area contributed by atoms with Crippen LogP contribution in [0.4, 0.5) is 0 Å². The number of halogens is 2. The standard InChI is InChI=1S/C25H34Cl2O2/c1-16(6-4-8-24(26)27)21-11-12-22-18(7-5-13-25(21,22)3)9-10-19-14-20(28)15-23(29)17(19)2/h4,6,8-10,16,20-23,28-29H,2,5,7,11-15H2,1,3H3/b6-4+,18-9+,19-10-/t16-,20-,21-,22+,23+,25-/m1/s1. The maximum atomic E-state index is 10.1. The number of hydrogen-bond donors (Lipinski definition) is 2. The van der Waals surface area contributed by atoms with Crippen LogP contribution in [0.3, 0.4) is 0 Å². The Labute approximate surface area is 185 Å². The second-order valence-electron chi connectivity index (χ2n) is 9.36. The normalized spacial score (nSPS) is 39.2. The highest BCUT2D eigenvalue weighted by Gasteiger charge is 2.50. The van der Waals surface area contributed by atoms with Crippen LogP contribution in [-0.2, 0) is 0 Å². The first-order valence-electron chi connectivity index (χ1n) is 10.9. The molecule has 0 aliphatic heterocycles. The van der Waals surface area contributed by atoms with Crippen LogP contribution in [0.5, 0.6) is 0 Å². The predicted octanol–water partition coefficient (Wildman–Crippen LogP) is 6.64. The molecule has 0 bridgehead atoms. The van der Waals surface area contributed by atoms with Gasteiger partial charge in [0.25, 0.3) is 0 Å². The van der Waals surface area contributed by atoms with E-state index >= 15 is 0 Å². The molecule has 0 radical (unpaired) electrons. The van der Waals surface area contributed by atoms with Crippen molar-refractivity contribution in [2.24, 2.45) is 23.2 Å². The summed E-state index contributed by atoms with van der Waals surface area (Å²) < 4.78 is 0.291. The van der Waals surface area contributed by atoms with E-state index in [1.165, 1.54) is 31.3 Å². The van der Waals surface area contributed by atoms with Crippen molar-refractivity contribution in [2.45, 2.75) is 71.0 Å². The van der Waals surface area contributed by atoms with E-state index in [1.807, 2.05) is 6.08 Å². The molecule has 3 rings (SSSR count). The molecule has 2 N–H and O–H groups in total. The first-order valence-corrected chi connectivity index (χ1v) is 11.6. The summed E-state index contributed by atoms with van der Waals surface area (Å²) in [4.78, 5) is 0. The summed E-state index contributed by atoms with van der Waals surface area (Å²) in [5.74, 6) is 1.73. The Morgan fingerprint density at radius 2 is 2.00 bits per heavy atom. The van der Waals surface area contributed by atoms with Crippen molar-refractivity contribution in [1.29, 1.82) is 0 Å². The number of allylic oxidation sites excluding steroid dienone is 6. The van der Waals surface area contributed by atoms with Gasteiger partial charge in [0.2, 0.25) is 0 Å². The Morgan fingerprint density at radius 3 is 2.72 bits per heavy atom. The van der Waals surface area contributed by atoms with Gasteiger partial charge in [-0.25, -0.2) is 0 Å². The predicted molar refractivity (Wildman–Crippen MR) is 123 cm³/mol. The molecule has 6 atom stereocenters. The molecule has 29 heavy (non-hydrogen) atoms. The molecular formula is C25H34Cl2O2. The maximum absolute atomic E-state index is 10.1. The fourth-order valence-electron chi connectivity index (χ4n) is 6.05. The number of rotatable bonds is 4. The summed E-state index contributed by atoms with van der Waals surface area (Å²) in [6.45, 7) is 8.82. The lowest BCUT2D eigenvalue weighted by Gasteiger charge is -2.44. The number of fused-ring (bicyclic) bond motifs is 1. The topological polar surface area (TPSA) is 40.5 Å². The van der Waals surface area contributed by atoms with Gasteiger partial charge in [-0.05, 0) is 78.9 Å². The molecule has 0 aromatic carbocycles. The summed E-state index contributed by atoms with van der Waals surface area (Å²) in [5, 5.41) is 20.1. The molecule has 3 saturated carbocycles. The van der Waals surface area contributed by atoms with Crippen molar-refractivity contribution in [3.63, 3.8) is 0 Å². The number of hydrogen-bond acceptors (Lipinski definition) is 2. The first kappa shape index (κ1) is 22.9. The lowest BCUT2D eigenvalue weighted by Crippen LogP contribution is -2.35. The molecule has 3 aliphatic carbocycles. The average Bonchev–Trinajstić information content (AvgIpc) is 3.00. The van der Waals surface area contributed by atoms with E-state index in [-0.39, 0.29) is 0 Å². The second kappa shape index (κ2) is 9.56. The van der Waals surface area contributed by atoms with Gasteiger partial charge in [0, 0.05) is 6.42 Å². The third kappa shape index (κ3) is 5.10. The molecule has 3 aliphatic rings. The van der Waals surface area contributed by atoms with Gasteiger partial charge >= 0.3 is 0 Å². The quantitative estimate of drug-likeness (QED) is 0.484. The van der Waals surface area contributed by atoms with Crippen molar-refractivity contribution < 1.29 is 10.2 Å². The molecule has 0 spiro atoms. The summed E-state index contributed by atoms with van der Waals surface area (Å²) in [6, 6.07) is 0. The van der Waals surface area contributed by atoms with E-state index in [2.05, 4.69) is 38.7 Å². The number of aliphatic hydroxyl groups is 2. The first-order chi connectivity index (χ1) is 13.7. The van der Waals surface area contributed by atoms with Gasteiger partial charge in [0.15, 0.2) is 0 Å². The summed E-state index contributed by atoms with van der Waals surface area (Å²) in [7, 11) is 0. The van der Waals surface area contributed by atoms with Gasteiger partial charge < -0.3 is 10.2 Å². The Bertz CT molecular complexity index is 744. The average molecular weight is 437 g/mol. The minimum Gasteiger partial charge on any atom is -0.393 e. The van der Waals surface area contributed by atoms with Crippen LogP contribution in [0.2, 0.25) is 0 Å². The minimum absolute atomic E-state index is 0.291. The fraction of sp³-hybridized carbons (Fsp3) is 0.600. The van der Waals surface area contributed by atoms with Crippen molar-refractivity contribution >= 4 is 23.2 Å². The minimum atomic E-state index is -0.626. The van der Waals surface area contributed by atoms with Gasteiger partial charge in [-0.15, -0.1) is 0 Å². The van der Waals surface area contributed by atoms with Gasteiger partial charge in [0.1, 0.15) is 4.49 Å². The van der Waals surface area contributed by atoms with Crippen LogP contribution in [0.15, 0.2) is 58.2 Å². The highest BCUT2D eigenvalue weighted by molar-refractivity contribution is 6.55. The highest BCUT2D eigenvalue weighted by atomic mass is 35.5. The molecule has 160 valence electrons. The lowest BCUT2D eigenvalue weighted by atomic mass is 9.61. The highest BCUT2D eigenvalue weighted by Crippen LogP contribution is 2.59. The van der Waals surface area contributed by atoms with E-state index < -0.39 is 12.2 Å². The van der Waals surface area contributed by atoms with E-state index in [1.54, 1.807) is 6.08 Å². The molecule has 0 heterocycles. The van der Waals surface area contributed by atoms with Crippen LogP contribution >= 0.6 is 23.2 Å². The van der Waals surface area contributed by atoms with E-state index in [0.29, 0.717) is 40.5 Å². The molecule has 3 fully saturated rings. The summed E-state index contributed by atoms with van der Waals surface area (Å²) in [5.41, 5.74) is 3.59. The summed E-state index contributed by atoms with van der Waals surface area (Å²) >= 11 is 11.5. The fourth-order valence-corrected chi connectivity index (χ4v) is 6.19. The van der Waals surface area contributed by atoms with Crippen LogP contribution in [0.25, 0.3) is 0 Å². The van der Waals surface area contributed by atoms with Crippen LogP contribution < -0.4 is 0 Å². The lowest BCUT2D eigenvalue weighted by molar-refractivity contribution is 0.0862. The third-order valence-electron chi connectivity index (χ3n) is 7.57. The van der Waals surface area contributed by atoms with Crippen molar-refractivity contribution in [3.8, 4) is 0 Å². The molecule has 0 amide bonds. The van der Waals surface area contributed by atoms with Crippen molar-refractivity contribution in [3.05, 3.63) is 58.2 Å². The molecule has 0 aromatic rings. The van der Waals surface area contributed by atoms with Gasteiger partial charge in [-0.1, -0.05) is 73.5 Å². The van der Waals surface area contributed by atoms with Gasteiger partial charge in [-0.3, -0.25) is 0 Å². The second-order valence-corrected chi connectivity index (χ2v) is 10.4. The van der Waals surface area contributed by atoms with Crippen LogP contribution in [-0.4, -0.2) is 22.4 Å². The van der Waals surface area contributed by atoms with Crippen molar-refractivity contribution in [1.82, 2.24) is 0 Å². The van der Waals surface area contributed by atoms with Crippen LogP contribution in [0.1, 0.15) is 58.8 Å². The molecule has 2 nitrogen and oxygen atoms in total. The Balaban J connectivity index is 1.78. The van der Waals surface area contributed by atoms with Crippen molar-refractivity contribution in [2.75, 3.05) is 0 Å². The Hall–Kier alpha value is -0.800. The van der Waals surface area contributed by atoms with E-state index in [9.17, 15) is 10.2 Å². The zero-order chi connectivity index (χ0) is 21.2. The third-order valence-corrected chi connectivity index (χ3v) is 7.83. The van der Waals surface area contributed by atoms with Gasteiger partial charge in [-0.2, -0.15) is 0 Å². The largest absolute Gasteiger partial charge is 0.393 e. The molecule has 0 aromatic heterocycles. The SMILES string of the molecule is C=C1/C(=C\C=C2/CCC[C@]3(C)[C@@H]([C@H](C)/C=C/C=C(Cl)Cl)CC[C@@H]23)C[C@@H](O)C[C@@H]1O. The molecule has 0 unspecified atom stereocenters. The monoisotopic (exact) mass is 436 g/mol. The van der Waals surface area contributed by atoms with Gasteiger partial charge in [0.05, 0.1) is 12.2 Å². The maximum Gasteiger partial charge on any atom is 0.106 e. The summed E-state index contributed by atoms with van der Waals surface area (Å²) in [6.07, 6.45) is 16.3. The molecular weight excluding hydrogens is 403 g/mol. The van der Waals surface area contributed by atoms with E-state index in [0.717, 1.165) is 17.6 Å². The molecule has 0 saturated heterocycles. The molecule has 4 heteroatoms. The zero-order valence-electron chi connectivity index (χ0n) is 17.6. The number of aliphatic hydroxyl groups excluding tert-OH is 2. The van der Waals surface area contributed by atoms with Crippen LogP contribution in [0, 0.1) is 23.2 Å². The zero-order valence-corrected chi connectivity index (χ0v) is 19.1.